The van der Waals surface area contributed by atoms with Crippen molar-refractivity contribution < 1.29 is 4.79 Å². The van der Waals surface area contributed by atoms with E-state index in [1.807, 2.05) is 30.3 Å². The Hall–Kier alpha value is -1.48. The van der Waals surface area contributed by atoms with Gasteiger partial charge >= 0.3 is 0 Å². The molecule has 102 valence electrons. The SMILES string of the molecule is N#Cc1ccsc1NC(=O)CCSc1ccccc1Cl. The second kappa shape index (κ2) is 7.34. The van der Waals surface area contributed by atoms with E-state index < -0.39 is 0 Å². The lowest BCUT2D eigenvalue weighted by atomic mass is 10.3. The van der Waals surface area contributed by atoms with E-state index in [1.54, 1.807) is 23.2 Å². The quantitative estimate of drug-likeness (QED) is 0.830. The van der Waals surface area contributed by atoms with E-state index in [0.717, 1.165) is 4.90 Å². The number of nitriles is 1. The van der Waals surface area contributed by atoms with E-state index in [4.69, 9.17) is 16.9 Å². The summed E-state index contributed by atoms with van der Waals surface area (Å²) >= 11 is 8.93. The molecule has 0 spiro atoms. The molecule has 0 aliphatic carbocycles. The lowest BCUT2D eigenvalue weighted by Crippen LogP contribution is -2.11. The van der Waals surface area contributed by atoms with Crippen molar-refractivity contribution in [3.8, 4) is 6.07 Å². The van der Waals surface area contributed by atoms with Crippen LogP contribution < -0.4 is 5.32 Å². The van der Waals surface area contributed by atoms with E-state index in [2.05, 4.69) is 5.32 Å². The number of halogens is 1. The number of anilines is 1. The molecule has 0 aliphatic heterocycles. The number of nitrogens with zero attached hydrogens (tertiary/aromatic N) is 1. The van der Waals surface area contributed by atoms with Crippen LogP contribution in [0.1, 0.15) is 12.0 Å². The smallest absolute Gasteiger partial charge is 0.225 e. The Bertz CT molecular complexity index is 649. The second-order valence-corrected chi connectivity index (χ2v) is 6.31. The molecule has 1 heterocycles. The van der Waals surface area contributed by atoms with Crippen LogP contribution in [-0.2, 0) is 4.79 Å². The number of thioether (sulfide) groups is 1. The highest BCUT2D eigenvalue weighted by molar-refractivity contribution is 7.99. The number of hydrogen-bond acceptors (Lipinski definition) is 4. The van der Waals surface area contributed by atoms with Crippen LogP contribution in [0.2, 0.25) is 5.02 Å². The number of rotatable bonds is 5. The molecule has 0 aliphatic rings. The van der Waals surface area contributed by atoms with Crippen LogP contribution in [0.3, 0.4) is 0 Å². The Morgan fingerprint density at radius 3 is 2.95 bits per heavy atom. The normalized spacial score (nSPS) is 10.0. The minimum atomic E-state index is -0.0940. The molecule has 0 radical (unpaired) electrons. The molecule has 0 saturated carbocycles. The monoisotopic (exact) mass is 322 g/mol. The molecule has 1 aromatic carbocycles. The van der Waals surface area contributed by atoms with E-state index >= 15 is 0 Å². The standard InChI is InChI=1S/C14H11ClN2OS2/c15-11-3-1-2-4-12(11)19-8-6-13(18)17-14-10(9-16)5-7-20-14/h1-5,7H,6,8H2,(H,17,18). The molecular weight excluding hydrogens is 312 g/mol. The lowest BCUT2D eigenvalue weighted by molar-refractivity contribution is -0.115. The summed E-state index contributed by atoms with van der Waals surface area (Å²) in [4.78, 5) is 12.8. The third kappa shape index (κ3) is 4.01. The minimum absolute atomic E-state index is 0.0940. The Labute approximate surface area is 130 Å². The maximum atomic E-state index is 11.8. The Morgan fingerprint density at radius 2 is 2.20 bits per heavy atom. The molecule has 3 nitrogen and oxygen atoms in total. The van der Waals surface area contributed by atoms with Gasteiger partial charge in [0.2, 0.25) is 5.91 Å². The molecule has 0 saturated heterocycles. The van der Waals surface area contributed by atoms with E-state index in [9.17, 15) is 4.79 Å². The number of carbonyl (C=O) groups is 1. The molecule has 6 heteroatoms. The van der Waals surface area contributed by atoms with Crippen molar-refractivity contribution >= 4 is 45.6 Å². The van der Waals surface area contributed by atoms with Crippen molar-refractivity contribution in [2.75, 3.05) is 11.1 Å². The summed E-state index contributed by atoms with van der Waals surface area (Å²) in [7, 11) is 0. The number of hydrogen-bond donors (Lipinski definition) is 1. The first-order valence-corrected chi connectivity index (χ1v) is 8.10. The lowest BCUT2D eigenvalue weighted by Gasteiger charge is -2.04. The van der Waals surface area contributed by atoms with Gasteiger partial charge < -0.3 is 5.32 Å². The average molecular weight is 323 g/mol. The minimum Gasteiger partial charge on any atom is -0.317 e. The fraction of sp³-hybridized carbons (Fsp3) is 0.143. The van der Waals surface area contributed by atoms with Gasteiger partial charge in [0.05, 0.1) is 10.6 Å². The van der Waals surface area contributed by atoms with Gasteiger partial charge in [-0.15, -0.1) is 23.1 Å². The maximum absolute atomic E-state index is 11.8. The molecule has 0 unspecified atom stereocenters. The van der Waals surface area contributed by atoms with Crippen molar-refractivity contribution in [2.45, 2.75) is 11.3 Å². The first-order chi connectivity index (χ1) is 9.70. The third-order valence-electron chi connectivity index (χ3n) is 2.46. The Kier molecular flexibility index (Phi) is 5.48. The van der Waals surface area contributed by atoms with Crippen LogP contribution >= 0.6 is 34.7 Å². The Morgan fingerprint density at radius 1 is 1.40 bits per heavy atom. The van der Waals surface area contributed by atoms with Crippen molar-refractivity contribution in [3.05, 3.63) is 46.3 Å². The zero-order valence-electron chi connectivity index (χ0n) is 10.4. The molecule has 1 amide bonds. The molecule has 0 bridgehead atoms. The fourth-order valence-electron chi connectivity index (χ4n) is 1.50. The predicted molar refractivity (Wildman–Crippen MR) is 84.5 cm³/mol. The van der Waals surface area contributed by atoms with Gasteiger partial charge in [-0.25, -0.2) is 0 Å². The molecule has 2 aromatic rings. The van der Waals surface area contributed by atoms with Gasteiger partial charge in [0.25, 0.3) is 0 Å². The molecule has 2 rings (SSSR count). The van der Waals surface area contributed by atoms with E-state index in [-0.39, 0.29) is 5.91 Å². The fourth-order valence-corrected chi connectivity index (χ4v) is 3.44. The highest BCUT2D eigenvalue weighted by Crippen LogP contribution is 2.27. The van der Waals surface area contributed by atoms with Crippen molar-refractivity contribution in [1.82, 2.24) is 0 Å². The Balaban J connectivity index is 1.82. The van der Waals surface area contributed by atoms with Crippen molar-refractivity contribution in [2.24, 2.45) is 0 Å². The molecule has 0 atom stereocenters. The summed E-state index contributed by atoms with van der Waals surface area (Å²) in [5.41, 5.74) is 0.502. The highest BCUT2D eigenvalue weighted by atomic mass is 35.5. The largest absolute Gasteiger partial charge is 0.317 e. The van der Waals surface area contributed by atoms with Crippen molar-refractivity contribution in [3.63, 3.8) is 0 Å². The molecule has 1 N–H and O–H groups in total. The number of thiophene rings is 1. The average Bonchev–Trinajstić information content (AvgIpc) is 2.88. The van der Waals surface area contributed by atoms with Crippen LogP contribution in [-0.4, -0.2) is 11.7 Å². The van der Waals surface area contributed by atoms with Gasteiger partial charge in [0, 0.05) is 17.1 Å². The van der Waals surface area contributed by atoms with Gasteiger partial charge in [0.15, 0.2) is 0 Å². The van der Waals surface area contributed by atoms with E-state index in [1.165, 1.54) is 11.3 Å². The summed E-state index contributed by atoms with van der Waals surface area (Å²) in [5, 5.41) is 14.7. The van der Waals surface area contributed by atoms with Crippen LogP contribution in [0.15, 0.2) is 40.6 Å². The number of amides is 1. The van der Waals surface area contributed by atoms with Crippen LogP contribution in [0.5, 0.6) is 0 Å². The van der Waals surface area contributed by atoms with Gasteiger partial charge in [-0.3, -0.25) is 4.79 Å². The zero-order chi connectivity index (χ0) is 14.4. The van der Waals surface area contributed by atoms with Gasteiger partial charge in [0.1, 0.15) is 11.1 Å². The van der Waals surface area contributed by atoms with Gasteiger partial charge in [-0.1, -0.05) is 23.7 Å². The van der Waals surface area contributed by atoms with Crippen LogP contribution in [0, 0.1) is 11.3 Å². The number of carbonyl (C=O) groups excluding carboxylic acids is 1. The highest BCUT2D eigenvalue weighted by Gasteiger charge is 2.08. The summed E-state index contributed by atoms with van der Waals surface area (Å²) in [6, 6.07) is 11.3. The predicted octanol–water partition coefficient (Wildman–Crippen LogP) is 4.39. The first kappa shape index (κ1) is 14.9. The van der Waals surface area contributed by atoms with Crippen molar-refractivity contribution in [1.29, 1.82) is 5.26 Å². The summed E-state index contributed by atoms with van der Waals surface area (Å²) in [5.74, 6) is 0.548. The molecular formula is C14H11ClN2OS2. The molecule has 20 heavy (non-hydrogen) atoms. The third-order valence-corrected chi connectivity index (χ3v) is 4.81. The van der Waals surface area contributed by atoms with Gasteiger partial charge in [-0.05, 0) is 23.6 Å². The first-order valence-electron chi connectivity index (χ1n) is 5.85. The topological polar surface area (TPSA) is 52.9 Å². The summed E-state index contributed by atoms with van der Waals surface area (Å²) in [6.45, 7) is 0. The van der Waals surface area contributed by atoms with Crippen LogP contribution in [0.4, 0.5) is 5.00 Å². The summed E-state index contributed by atoms with van der Waals surface area (Å²) < 4.78 is 0. The summed E-state index contributed by atoms with van der Waals surface area (Å²) in [6.07, 6.45) is 0.374. The zero-order valence-corrected chi connectivity index (χ0v) is 12.8. The maximum Gasteiger partial charge on any atom is 0.225 e. The van der Waals surface area contributed by atoms with Gasteiger partial charge in [-0.2, -0.15) is 5.26 Å². The number of benzene rings is 1. The number of nitrogens with one attached hydrogen (secondary N) is 1. The van der Waals surface area contributed by atoms with Crippen LogP contribution in [0.25, 0.3) is 0 Å². The van der Waals surface area contributed by atoms with E-state index in [0.29, 0.717) is 27.8 Å². The molecule has 0 fully saturated rings. The second-order valence-electron chi connectivity index (χ2n) is 3.85. The molecule has 1 aromatic heterocycles.